The molecular formula is C11H23NO4. The molecule has 16 heavy (non-hydrogen) atoms. The quantitative estimate of drug-likeness (QED) is 0.488. The number of rotatable bonds is 9. The van der Waals surface area contributed by atoms with Crippen molar-refractivity contribution < 1.29 is 19.0 Å². The first-order valence-corrected chi connectivity index (χ1v) is 5.88. The highest BCUT2D eigenvalue weighted by Crippen LogP contribution is 2.03. The van der Waals surface area contributed by atoms with E-state index in [9.17, 15) is 4.79 Å². The number of hydrogen-bond donors (Lipinski definition) is 1. The van der Waals surface area contributed by atoms with Crippen LogP contribution in [-0.2, 0) is 14.2 Å². The van der Waals surface area contributed by atoms with Crippen molar-refractivity contribution in [3.63, 3.8) is 0 Å². The summed E-state index contributed by atoms with van der Waals surface area (Å²) in [5.41, 5.74) is 0. The van der Waals surface area contributed by atoms with Gasteiger partial charge >= 0.3 is 6.09 Å². The summed E-state index contributed by atoms with van der Waals surface area (Å²) in [5.74, 6) is 0. The van der Waals surface area contributed by atoms with Gasteiger partial charge in [0.1, 0.15) is 0 Å². The molecular weight excluding hydrogens is 210 g/mol. The van der Waals surface area contributed by atoms with E-state index in [0.29, 0.717) is 26.4 Å². The minimum Gasteiger partial charge on any atom is -0.450 e. The van der Waals surface area contributed by atoms with Crippen LogP contribution in [0.3, 0.4) is 0 Å². The van der Waals surface area contributed by atoms with Crippen molar-refractivity contribution in [2.75, 3.05) is 26.4 Å². The van der Waals surface area contributed by atoms with Crippen molar-refractivity contribution in [2.45, 2.75) is 39.9 Å². The Hall–Kier alpha value is -0.810. The van der Waals surface area contributed by atoms with Crippen molar-refractivity contribution in [2.24, 2.45) is 0 Å². The topological polar surface area (TPSA) is 56.8 Å². The number of carbonyl (C=O) groups excluding carboxylic acids is 1. The second kappa shape index (κ2) is 10.7. The van der Waals surface area contributed by atoms with Crippen LogP contribution in [0.15, 0.2) is 0 Å². The largest absolute Gasteiger partial charge is 0.450 e. The third-order valence-corrected chi connectivity index (χ3v) is 1.87. The minimum atomic E-state index is -0.369. The molecule has 0 heterocycles. The number of ether oxygens (including phenoxy) is 3. The molecule has 0 atom stereocenters. The highest BCUT2D eigenvalue weighted by Gasteiger charge is 2.07. The SMILES string of the molecule is CCOC(=O)NCCCC(OCC)OCC. The molecule has 0 bridgehead atoms. The number of alkyl carbamates (subject to hydrolysis) is 1. The zero-order chi connectivity index (χ0) is 12.2. The van der Waals surface area contributed by atoms with Crippen LogP contribution in [0.25, 0.3) is 0 Å². The number of carbonyl (C=O) groups is 1. The summed E-state index contributed by atoms with van der Waals surface area (Å²) >= 11 is 0. The fourth-order valence-electron chi connectivity index (χ4n) is 1.23. The van der Waals surface area contributed by atoms with Gasteiger partial charge < -0.3 is 19.5 Å². The van der Waals surface area contributed by atoms with Crippen LogP contribution in [-0.4, -0.2) is 38.7 Å². The molecule has 0 aliphatic carbocycles. The van der Waals surface area contributed by atoms with E-state index in [1.807, 2.05) is 13.8 Å². The lowest BCUT2D eigenvalue weighted by Crippen LogP contribution is -2.26. The summed E-state index contributed by atoms with van der Waals surface area (Å²) in [7, 11) is 0. The van der Waals surface area contributed by atoms with Gasteiger partial charge in [-0.05, 0) is 27.2 Å². The Labute approximate surface area is 97.4 Å². The lowest BCUT2D eigenvalue weighted by atomic mass is 10.3. The number of nitrogens with one attached hydrogen (secondary N) is 1. The third-order valence-electron chi connectivity index (χ3n) is 1.87. The first kappa shape index (κ1) is 15.2. The molecule has 0 saturated carbocycles. The van der Waals surface area contributed by atoms with Crippen LogP contribution in [0.2, 0.25) is 0 Å². The van der Waals surface area contributed by atoms with Gasteiger partial charge in [0.25, 0.3) is 0 Å². The maximum Gasteiger partial charge on any atom is 0.407 e. The Morgan fingerprint density at radius 2 is 1.75 bits per heavy atom. The molecule has 0 spiro atoms. The summed E-state index contributed by atoms with van der Waals surface area (Å²) in [6.07, 6.45) is 1.04. The summed E-state index contributed by atoms with van der Waals surface area (Å²) in [5, 5.41) is 2.65. The van der Waals surface area contributed by atoms with Crippen LogP contribution in [0, 0.1) is 0 Å². The lowest BCUT2D eigenvalue weighted by Gasteiger charge is -2.16. The predicted octanol–water partition coefficient (Wildman–Crippen LogP) is 1.91. The van der Waals surface area contributed by atoms with Crippen molar-refractivity contribution in [3.8, 4) is 0 Å². The highest BCUT2D eigenvalue weighted by atomic mass is 16.7. The second-order valence-corrected chi connectivity index (χ2v) is 3.13. The monoisotopic (exact) mass is 233 g/mol. The molecule has 0 aromatic carbocycles. The van der Waals surface area contributed by atoms with Gasteiger partial charge in [0.2, 0.25) is 0 Å². The molecule has 96 valence electrons. The van der Waals surface area contributed by atoms with Crippen molar-refractivity contribution in [3.05, 3.63) is 0 Å². The average Bonchev–Trinajstić information content (AvgIpc) is 2.25. The molecule has 1 N–H and O–H groups in total. The fraction of sp³-hybridized carbons (Fsp3) is 0.909. The zero-order valence-corrected chi connectivity index (χ0v) is 10.5. The van der Waals surface area contributed by atoms with E-state index in [0.717, 1.165) is 12.8 Å². The van der Waals surface area contributed by atoms with E-state index in [4.69, 9.17) is 14.2 Å². The zero-order valence-electron chi connectivity index (χ0n) is 10.5. The van der Waals surface area contributed by atoms with Gasteiger partial charge in [-0.2, -0.15) is 0 Å². The minimum absolute atomic E-state index is 0.168. The maximum atomic E-state index is 10.9. The molecule has 5 nitrogen and oxygen atoms in total. The van der Waals surface area contributed by atoms with Gasteiger partial charge in [-0.3, -0.25) is 0 Å². The van der Waals surface area contributed by atoms with Crippen LogP contribution < -0.4 is 5.32 Å². The summed E-state index contributed by atoms with van der Waals surface area (Å²) < 4.78 is 15.5. The average molecular weight is 233 g/mol. The molecule has 0 aliphatic heterocycles. The first-order chi connectivity index (χ1) is 7.74. The van der Waals surface area contributed by atoms with Crippen molar-refractivity contribution >= 4 is 6.09 Å². The van der Waals surface area contributed by atoms with Crippen LogP contribution >= 0.6 is 0 Å². The standard InChI is InChI=1S/C11H23NO4/c1-4-14-10(15-5-2)8-7-9-12-11(13)16-6-3/h10H,4-9H2,1-3H3,(H,12,13). The highest BCUT2D eigenvalue weighted by molar-refractivity contribution is 5.66. The lowest BCUT2D eigenvalue weighted by molar-refractivity contribution is -0.139. The summed E-state index contributed by atoms with van der Waals surface area (Å²) in [4.78, 5) is 10.9. The van der Waals surface area contributed by atoms with Gasteiger partial charge in [0, 0.05) is 26.2 Å². The molecule has 0 saturated heterocycles. The third kappa shape index (κ3) is 8.49. The maximum absolute atomic E-state index is 10.9. The fourth-order valence-corrected chi connectivity index (χ4v) is 1.23. The molecule has 0 unspecified atom stereocenters. The number of amides is 1. The smallest absolute Gasteiger partial charge is 0.407 e. The Balaban J connectivity index is 3.49. The van der Waals surface area contributed by atoms with E-state index < -0.39 is 0 Å². The molecule has 0 aromatic rings. The van der Waals surface area contributed by atoms with E-state index >= 15 is 0 Å². The van der Waals surface area contributed by atoms with Crippen LogP contribution in [0.5, 0.6) is 0 Å². The van der Waals surface area contributed by atoms with E-state index in [2.05, 4.69) is 5.32 Å². The molecule has 5 heteroatoms. The Morgan fingerprint density at radius 3 is 2.25 bits per heavy atom. The Bertz CT molecular complexity index is 169. The Kier molecular flexibility index (Phi) is 10.2. The summed E-state index contributed by atoms with van der Waals surface area (Å²) in [6.45, 7) is 7.89. The predicted molar refractivity (Wildman–Crippen MR) is 61.3 cm³/mol. The van der Waals surface area contributed by atoms with E-state index in [1.54, 1.807) is 6.92 Å². The molecule has 1 amide bonds. The van der Waals surface area contributed by atoms with Gasteiger partial charge in [-0.25, -0.2) is 4.79 Å². The van der Waals surface area contributed by atoms with Crippen molar-refractivity contribution in [1.82, 2.24) is 5.32 Å². The van der Waals surface area contributed by atoms with Gasteiger partial charge in [0.05, 0.1) is 6.61 Å². The molecule has 0 rings (SSSR count). The van der Waals surface area contributed by atoms with Gasteiger partial charge in [-0.1, -0.05) is 0 Å². The van der Waals surface area contributed by atoms with Gasteiger partial charge in [-0.15, -0.1) is 0 Å². The summed E-state index contributed by atoms with van der Waals surface area (Å²) in [6, 6.07) is 0. The molecule has 0 radical (unpaired) electrons. The molecule has 0 fully saturated rings. The normalized spacial score (nSPS) is 10.5. The molecule has 0 aromatic heterocycles. The van der Waals surface area contributed by atoms with E-state index in [-0.39, 0.29) is 12.4 Å². The van der Waals surface area contributed by atoms with E-state index in [1.165, 1.54) is 0 Å². The Morgan fingerprint density at radius 1 is 1.12 bits per heavy atom. The molecule has 0 aliphatic rings. The number of hydrogen-bond acceptors (Lipinski definition) is 4. The second-order valence-electron chi connectivity index (χ2n) is 3.13. The first-order valence-electron chi connectivity index (χ1n) is 5.88. The van der Waals surface area contributed by atoms with Gasteiger partial charge in [0.15, 0.2) is 6.29 Å². The van der Waals surface area contributed by atoms with Crippen molar-refractivity contribution in [1.29, 1.82) is 0 Å². The van der Waals surface area contributed by atoms with Crippen LogP contribution in [0.1, 0.15) is 33.6 Å². The van der Waals surface area contributed by atoms with Crippen LogP contribution in [0.4, 0.5) is 4.79 Å².